The van der Waals surface area contributed by atoms with Crippen LogP contribution in [0.1, 0.15) is 60.7 Å². The highest BCUT2D eigenvalue weighted by Crippen LogP contribution is 2.58. The molecule has 4 nitrogen and oxygen atoms in total. The lowest BCUT2D eigenvalue weighted by atomic mass is 10.2. The molecule has 0 unspecified atom stereocenters. The van der Waals surface area contributed by atoms with Gasteiger partial charge in [0.2, 0.25) is 0 Å². The highest BCUT2D eigenvalue weighted by atomic mass is 31.1. The molecule has 0 aromatic heterocycles. The quantitative estimate of drug-likeness (QED) is 0.195. The number of hydrogen-bond acceptors (Lipinski definition) is 4. The molecule has 6 heteroatoms. The van der Waals surface area contributed by atoms with Gasteiger partial charge < -0.3 is 0 Å². The van der Waals surface area contributed by atoms with E-state index < -0.39 is 15.8 Å². The second-order valence-corrected chi connectivity index (χ2v) is 14.2. The summed E-state index contributed by atoms with van der Waals surface area (Å²) in [6, 6.07) is 30.8. The van der Waals surface area contributed by atoms with Crippen LogP contribution >= 0.6 is 15.8 Å². The molecular formula is C33H28O4P2. The Bertz CT molecular complexity index is 1300. The summed E-state index contributed by atoms with van der Waals surface area (Å²) in [6.45, 7) is 0. The summed E-state index contributed by atoms with van der Waals surface area (Å²) >= 11 is 0. The SMILES string of the molecule is O=Cc1ccccc1P(c1ccccc1C=O)[C@H]1CCC[C@@H]1P(c1ccccc1C=O)c1ccccc1C=O. The average Bonchev–Trinajstić information content (AvgIpc) is 3.47. The monoisotopic (exact) mass is 550 g/mol. The molecule has 0 radical (unpaired) electrons. The number of aldehydes is 4. The van der Waals surface area contributed by atoms with Crippen molar-refractivity contribution in [2.75, 3.05) is 0 Å². The first-order valence-electron chi connectivity index (χ1n) is 13.0. The van der Waals surface area contributed by atoms with Crippen molar-refractivity contribution in [3.05, 3.63) is 119 Å². The number of carbonyl (C=O) groups is 4. The number of rotatable bonds is 10. The molecule has 0 N–H and O–H groups in total. The molecule has 2 atom stereocenters. The Morgan fingerprint density at radius 1 is 0.436 bits per heavy atom. The van der Waals surface area contributed by atoms with Gasteiger partial charge in [0.25, 0.3) is 0 Å². The van der Waals surface area contributed by atoms with Crippen molar-refractivity contribution in [2.45, 2.75) is 30.6 Å². The lowest BCUT2D eigenvalue weighted by molar-refractivity contribution is 0.111. The summed E-state index contributed by atoms with van der Waals surface area (Å²) in [4.78, 5) is 48.9. The van der Waals surface area contributed by atoms with E-state index in [0.29, 0.717) is 22.3 Å². The van der Waals surface area contributed by atoms with Gasteiger partial charge >= 0.3 is 0 Å². The summed E-state index contributed by atoms with van der Waals surface area (Å²) in [7, 11) is -2.22. The standard InChI is InChI=1S/C33H28O4P2/c34-20-24-10-1-5-14-28(24)38(29-15-6-2-11-25(29)21-35)32-18-9-19-33(32)39(30-16-7-3-12-26(30)22-36)31-17-8-4-13-27(31)23-37/h1-8,10-17,20-23,32-33H,9,18-19H2/t32-,33-/m0/s1. The summed E-state index contributed by atoms with van der Waals surface area (Å²) in [5.41, 5.74) is 2.85. The average molecular weight is 551 g/mol. The Kier molecular flexibility index (Phi) is 8.67. The minimum absolute atomic E-state index is 0.146. The first-order chi connectivity index (χ1) is 19.2. The van der Waals surface area contributed by atoms with E-state index in [4.69, 9.17) is 0 Å². The molecule has 1 aliphatic carbocycles. The molecule has 194 valence electrons. The molecule has 0 saturated heterocycles. The van der Waals surface area contributed by atoms with E-state index in [-0.39, 0.29) is 11.3 Å². The van der Waals surface area contributed by atoms with E-state index in [1.165, 1.54) is 0 Å². The van der Waals surface area contributed by atoms with Gasteiger partial charge in [-0.2, -0.15) is 0 Å². The number of benzene rings is 4. The first kappa shape index (κ1) is 27.0. The lowest BCUT2D eigenvalue weighted by Gasteiger charge is -2.37. The Morgan fingerprint density at radius 2 is 0.692 bits per heavy atom. The molecule has 4 aromatic rings. The highest BCUT2D eigenvalue weighted by molar-refractivity contribution is 7.78. The largest absolute Gasteiger partial charge is 0.298 e. The van der Waals surface area contributed by atoms with Crippen molar-refractivity contribution in [1.29, 1.82) is 0 Å². The van der Waals surface area contributed by atoms with Gasteiger partial charge in [-0.25, -0.2) is 0 Å². The van der Waals surface area contributed by atoms with Crippen LogP contribution in [0.15, 0.2) is 97.1 Å². The van der Waals surface area contributed by atoms with Crippen LogP contribution in [0.5, 0.6) is 0 Å². The zero-order valence-corrected chi connectivity index (χ0v) is 23.1. The van der Waals surface area contributed by atoms with E-state index in [1.54, 1.807) is 0 Å². The number of hydrogen-bond donors (Lipinski definition) is 0. The van der Waals surface area contributed by atoms with E-state index >= 15 is 0 Å². The minimum Gasteiger partial charge on any atom is -0.298 e. The predicted octanol–water partition coefficient (Wildman–Crippen LogP) is 5.42. The van der Waals surface area contributed by atoms with E-state index in [9.17, 15) is 19.2 Å². The molecular weight excluding hydrogens is 522 g/mol. The molecule has 4 aromatic carbocycles. The predicted molar refractivity (Wildman–Crippen MR) is 161 cm³/mol. The van der Waals surface area contributed by atoms with Gasteiger partial charge in [0.15, 0.2) is 25.1 Å². The van der Waals surface area contributed by atoms with Crippen LogP contribution in [-0.2, 0) is 0 Å². The fourth-order valence-electron chi connectivity index (χ4n) is 5.72. The van der Waals surface area contributed by atoms with Crippen LogP contribution in [0.3, 0.4) is 0 Å². The van der Waals surface area contributed by atoms with Crippen LogP contribution in [0.4, 0.5) is 0 Å². The topological polar surface area (TPSA) is 68.3 Å². The molecule has 1 aliphatic rings. The van der Waals surface area contributed by atoms with Crippen LogP contribution in [-0.4, -0.2) is 36.5 Å². The van der Waals surface area contributed by atoms with E-state index in [2.05, 4.69) is 0 Å². The van der Waals surface area contributed by atoms with Gasteiger partial charge in [0, 0.05) is 22.3 Å². The minimum atomic E-state index is -1.11. The van der Waals surface area contributed by atoms with E-state index in [0.717, 1.165) is 65.6 Å². The molecule has 5 rings (SSSR count). The molecule has 0 heterocycles. The molecule has 1 fully saturated rings. The molecule has 0 aliphatic heterocycles. The Labute approximate surface area is 231 Å². The van der Waals surface area contributed by atoms with Crippen molar-refractivity contribution in [1.82, 2.24) is 0 Å². The summed E-state index contributed by atoms with van der Waals surface area (Å²) in [5.74, 6) is 0. The molecule has 1 saturated carbocycles. The van der Waals surface area contributed by atoms with Gasteiger partial charge in [-0.15, -0.1) is 0 Å². The van der Waals surface area contributed by atoms with E-state index in [1.807, 2.05) is 97.1 Å². The molecule has 0 spiro atoms. The first-order valence-corrected chi connectivity index (χ1v) is 15.8. The highest BCUT2D eigenvalue weighted by Gasteiger charge is 2.42. The summed E-state index contributed by atoms with van der Waals surface area (Å²) in [5, 5.41) is 3.87. The van der Waals surface area contributed by atoms with Gasteiger partial charge in [-0.05, 0) is 61.2 Å². The lowest BCUT2D eigenvalue weighted by Crippen LogP contribution is -2.34. The zero-order valence-electron chi connectivity index (χ0n) is 21.4. The third-order valence-electron chi connectivity index (χ3n) is 7.40. The maximum atomic E-state index is 12.2. The maximum Gasteiger partial charge on any atom is 0.150 e. The van der Waals surface area contributed by atoms with Gasteiger partial charge in [0.1, 0.15) is 0 Å². The fraction of sp³-hybridized carbons (Fsp3) is 0.152. The van der Waals surface area contributed by atoms with Gasteiger partial charge in [-0.3, -0.25) is 19.2 Å². The van der Waals surface area contributed by atoms with Crippen molar-refractivity contribution in [3.63, 3.8) is 0 Å². The Hall–Kier alpha value is -3.58. The third-order valence-corrected chi connectivity index (χ3v) is 13.9. The smallest absolute Gasteiger partial charge is 0.150 e. The third kappa shape index (κ3) is 5.33. The molecule has 39 heavy (non-hydrogen) atoms. The van der Waals surface area contributed by atoms with Crippen molar-refractivity contribution >= 4 is 62.2 Å². The normalized spacial score (nSPS) is 16.8. The van der Waals surface area contributed by atoms with Gasteiger partial charge in [-0.1, -0.05) is 103 Å². The number of carbonyl (C=O) groups excluding carboxylic acids is 4. The fourth-order valence-corrected chi connectivity index (χ4v) is 12.9. The molecule has 0 amide bonds. The van der Waals surface area contributed by atoms with Crippen molar-refractivity contribution in [3.8, 4) is 0 Å². The summed E-state index contributed by atoms with van der Waals surface area (Å²) in [6.07, 6.45) is 6.49. The second kappa shape index (κ2) is 12.5. The van der Waals surface area contributed by atoms with Crippen LogP contribution in [0.25, 0.3) is 0 Å². The Morgan fingerprint density at radius 3 is 0.949 bits per heavy atom. The van der Waals surface area contributed by atoms with Crippen LogP contribution < -0.4 is 21.2 Å². The van der Waals surface area contributed by atoms with Gasteiger partial charge in [0.05, 0.1) is 0 Å². The Balaban J connectivity index is 1.75. The summed E-state index contributed by atoms with van der Waals surface area (Å²) < 4.78 is 0. The van der Waals surface area contributed by atoms with Crippen LogP contribution in [0.2, 0.25) is 0 Å². The molecule has 0 bridgehead atoms. The maximum absolute atomic E-state index is 12.2. The second-order valence-electron chi connectivity index (χ2n) is 9.51. The van der Waals surface area contributed by atoms with Crippen molar-refractivity contribution in [2.24, 2.45) is 0 Å². The van der Waals surface area contributed by atoms with Crippen molar-refractivity contribution < 1.29 is 19.2 Å². The zero-order chi connectivity index (χ0) is 27.2. The van der Waals surface area contributed by atoms with Crippen LogP contribution in [0, 0.1) is 0 Å².